The van der Waals surface area contributed by atoms with E-state index in [1.807, 2.05) is 89.5 Å². The number of carbonyl (C=O) groups is 1. The number of imidazole rings is 1. The van der Waals surface area contributed by atoms with Crippen LogP contribution in [0, 0.1) is 0 Å². The smallest absolute Gasteiger partial charge is 0.326 e. The molecule has 36 heavy (non-hydrogen) atoms. The van der Waals surface area contributed by atoms with Gasteiger partial charge >= 0.3 is 6.03 Å². The molecule has 4 heterocycles. The maximum atomic E-state index is 13.6. The Bertz CT molecular complexity index is 1360. The first-order valence-corrected chi connectivity index (χ1v) is 12.7. The van der Waals surface area contributed by atoms with Gasteiger partial charge in [-0.2, -0.15) is 0 Å². The molecule has 184 valence electrons. The van der Waals surface area contributed by atoms with Crippen LogP contribution < -0.4 is 4.90 Å². The van der Waals surface area contributed by atoms with E-state index in [0.29, 0.717) is 31.3 Å². The van der Waals surface area contributed by atoms with Crippen LogP contribution in [-0.4, -0.2) is 63.7 Å². The molecule has 6 rings (SSSR count). The molecule has 8 heteroatoms. The number of nitrogens with zero attached hydrogens (tertiary/aromatic N) is 5. The Morgan fingerprint density at radius 3 is 2.58 bits per heavy atom. The van der Waals surface area contributed by atoms with E-state index in [0.717, 1.165) is 34.8 Å². The fourth-order valence-corrected chi connectivity index (χ4v) is 5.45. The molecular formula is C28H28ClN5O2. The number of pyridine rings is 1. The van der Waals surface area contributed by atoms with Crippen molar-refractivity contribution in [3.8, 4) is 11.3 Å². The van der Waals surface area contributed by atoms with E-state index in [1.54, 1.807) is 0 Å². The predicted octanol–water partition coefficient (Wildman–Crippen LogP) is 5.14. The first kappa shape index (κ1) is 23.0. The molecule has 2 aliphatic rings. The number of carbonyl (C=O) groups excluding carboxylic acids is 1. The van der Waals surface area contributed by atoms with Gasteiger partial charge in [-0.05, 0) is 43.3 Å². The minimum atomic E-state index is -0.271. The summed E-state index contributed by atoms with van der Waals surface area (Å²) in [6.07, 6.45) is 1.79. The lowest BCUT2D eigenvalue weighted by molar-refractivity contribution is 0.000460. The predicted molar refractivity (Wildman–Crippen MR) is 141 cm³/mol. The van der Waals surface area contributed by atoms with Crippen molar-refractivity contribution in [3.05, 3.63) is 89.7 Å². The van der Waals surface area contributed by atoms with E-state index in [9.17, 15) is 4.79 Å². The summed E-state index contributed by atoms with van der Waals surface area (Å²) in [6, 6.07) is 23.7. The van der Waals surface area contributed by atoms with Crippen LogP contribution in [0.25, 0.3) is 16.9 Å². The average molecular weight is 502 g/mol. The second-order valence-corrected chi connectivity index (χ2v) is 9.68. The molecule has 2 unspecified atom stereocenters. The summed E-state index contributed by atoms with van der Waals surface area (Å²) in [5.41, 5.74) is 4.92. The number of fused-ring (bicyclic) bond motifs is 3. The number of hydrogen-bond donors (Lipinski definition) is 0. The normalized spacial score (nSPS) is 19.7. The summed E-state index contributed by atoms with van der Waals surface area (Å²) in [5.74, 6) is 0. The minimum absolute atomic E-state index is 0.00665. The van der Waals surface area contributed by atoms with Gasteiger partial charge in [0.25, 0.3) is 0 Å². The van der Waals surface area contributed by atoms with Crippen molar-refractivity contribution in [2.24, 2.45) is 0 Å². The molecule has 0 spiro atoms. The molecule has 2 fully saturated rings. The Balaban J connectivity index is 1.26. The molecule has 0 N–H and O–H groups in total. The van der Waals surface area contributed by atoms with E-state index in [4.69, 9.17) is 21.3 Å². The van der Waals surface area contributed by atoms with E-state index in [2.05, 4.69) is 15.5 Å². The molecule has 2 aromatic heterocycles. The lowest BCUT2D eigenvalue weighted by atomic mass is 10.1. The minimum Gasteiger partial charge on any atom is -0.355 e. The van der Waals surface area contributed by atoms with Gasteiger partial charge < -0.3 is 9.14 Å². The van der Waals surface area contributed by atoms with E-state index in [-0.39, 0.29) is 18.3 Å². The molecule has 2 aliphatic heterocycles. The quantitative estimate of drug-likeness (QED) is 0.380. The topological polar surface area (TPSA) is 53.3 Å². The number of halogens is 1. The van der Waals surface area contributed by atoms with E-state index >= 15 is 0 Å². The second-order valence-electron chi connectivity index (χ2n) is 9.25. The number of piperazine rings is 1. The highest BCUT2D eigenvalue weighted by Gasteiger charge is 2.45. The van der Waals surface area contributed by atoms with Crippen molar-refractivity contribution in [2.75, 3.05) is 31.1 Å². The number of aromatic nitrogens is 2. The number of ether oxygens (including phenoxy) is 1. The third kappa shape index (κ3) is 4.13. The number of para-hydroxylation sites is 1. The van der Waals surface area contributed by atoms with Crippen molar-refractivity contribution >= 4 is 29.0 Å². The summed E-state index contributed by atoms with van der Waals surface area (Å²) in [6.45, 7) is 5.26. The summed E-state index contributed by atoms with van der Waals surface area (Å²) in [4.78, 5) is 24.7. The van der Waals surface area contributed by atoms with Crippen LogP contribution in [0.2, 0.25) is 5.02 Å². The molecule has 0 saturated carbocycles. The Morgan fingerprint density at radius 1 is 1.06 bits per heavy atom. The SMILES string of the molecule is CCN(C(=O)N1C2COC1CN(Cc1c(-c3ccc(Cl)cc3)nc3ccccn13)C2)c1ccccc1. The van der Waals surface area contributed by atoms with Crippen LogP contribution in [0.3, 0.4) is 0 Å². The van der Waals surface area contributed by atoms with Crippen LogP contribution in [0.15, 0.2) is 79.0 Å². The molecule has 0 radical (unpaired) electrons. The van der Waals surface area contributed by atoms with Gasteiger partial charge in [0, 0.05) is 48.6 Å². The number of rotatable bonds is 5. The van der Waals surface area contributed by atoms with Gasteiger partial charge in [-0.15, -0.1) is 0 Å². The molecule has 7 nitrogen and oxygen atoms in total. The lowest BCUT2D eigenvalue weighted by Crippen LogP contribution is -2.59. The number of anilines is 1. The van der Waals surface area contributed by atoms with Crippen molar-refractivity contribution < 1.29 is 9.53 Å². The van der Waals surface area contributed by atoms with Gasteiger partial charge in [-0.25, -0.2) is 9.78 Å². The van der Waals surface area contributed by atoms with Gasteiger partial charge in [0.2, 0.25) is 0 Å². The molecular weight excluding hydrogens is 474 g/mol. The maximum absolute atomic E-state index is 13.6. The monoisotopic (exact) mass is 501 g/mol. The van der Waals surface area contributed by atoms with Crippen LogP contribution >= 0.6 is 11.6 Å². The molecule has 2 bridgehead atoms. The molecule has 2 aromatic carbocycles. The zero-order chi connectivity index (χ0) is 24.6. The largest absolute Gasteiger partial charge is 0.355 e. The zero-order valence-corrected chi connectivity index (χ0v) is 20.9. The standard InChI is InChI=1S/C28H28ClN5O2/c1-2-32(22-8-4-3-5-9-22)28(35)34-23-16-31(18-26(34)36-19-23)17-24-27(20-11-13-21(29)14-12-20)30-25-10-6-7-15-33(24)25/h3-15,23,26H,2,16-19H2,1H3. The molecule has 4 aromatic rings. The second kappa shape index (κ2) is 9.58. The van der Waals surface area contributed by atoms with Crippen molar-refractivity contribution in [1.29, 1.82) is 0 Å². The van der Waals surface area contributed by atoms with Gasteiger partial charge in [-0.3, -0.25) is 14.7 Å². The highest BCUT2D eigenvalue weighted by atomic mass is 35.5. The fourth-order valence-electron chi connectivity index (χ4n) is 5.33. The number of urea groups is 1. The lowest BCUT2D eigenvalue weighted by Gasteiger charge is -2.41. The molecule has 2 amide bonds. The van der Waals surface area contributed by atoms with Crippen LogP contribution in [-0.2, 0) is 11.3 Å². The van der Waals surface area contributed by atoms with Gasteiger partial charge in [-0.1, -0.05) is 48.0 Å². The molecule has 2 saturated heterocycles. The van der Waals surface area contributed by atoms with Gasteiger partial charge in [0.1, 0.15) is 11.9 Å². The third-order valence-electron chi connectivity index (χ3n) is 7.02. The van der Waals surface area contributed by atoms with Gasteiger partial charge in [0.15, 0.2) is 0 Å². The van der Waals surface area contributed by atoms with Crippen molar-refractivity contribution in [3.63, 3.8) is 0 Å². The van der Waals surface area contributed by atoms with Crippen molar-refractivity contribution in [2.45, 2.75) is 25.7 Å². The Labute approximate surface area is 215 Å². The number of hydrogen-bond acceptors (Lipinski definition) is 4. The summed E-state index contributed by atoms with van der Waals surface area (Å²) in [5, 5.41) is 0.704. The first-order valence-electron chi connectivity index (χ1n) is 12.3. The molecule has 2 atom stereocenters. The number of benzene rings is 2. The summed E-state index contributed by atoms with van der Waals surface area (Å²) < 4.78 is 8.26. The zero-order valence-electron chi connectivity index (χ0n) is 20.1. The average Bonchev–Trinajstić information content (AvgIpc) is 3.40. The van der Waals surface area contributed by atoms with E-state index in [1.165, 1.54) is 0 Å². The van der Waals surface area contributed by atoms with Crippen molar-refractivity contribution in [1.82, 2.24) is 19.2 Å². The van der Waals surface area contributed by atoms with Gasteiger partial charge in [0.05, 0.1) is 24.0 Å². The Kier molecular flexibility index (Phi) is 6.13. The van der Waals surface area contributed by atoms with Crippen LogP contribution in [0.5, 0.6) is 0 Å². The summed E-state index contributed by atoms with van der Waals surface area (Å²) in [7, 11) is 0. The Hall–Kier alpha value is -3.39. The van der Waals surface area contributed by atoms with Crippen LogP contribution in [0.4, 0.5) is 10.5 Å². The van der Waals surface area contributed by atoms with Crippen LogP contribution in [0.1, 0.15) is 12.6 Å². The Morgan fingerprint density at radius 2 is 1.83 bits per heavy atom. The first-order chi connectivity index (χ1) is 17.6. The maximum Gasteiger partial charge on any atom is 0.326 e. The highest BCUT2D eigenvalue weighted by Crippen LogP contribution is 2.31. The molecule has 0 aliphatic carbocycles. The number of amides is 2. The fraction of sp³-hybridized carbons (Fsp3) is 0.286. The highest BCUT2D eigenvalue weighted by molar-refractivity contribution is 6.30. The van der Waals surface area contributed by atoms with E-state index < -0.39 is 0 Å². The summed E-state index contributed by atoms with van der Waals surface area (Å²) >= 11 is 6.14. The third-order valence-corrected chi connectivity index (χ3v) is 7.28.